The molecule has 0 unspecified atom stereocenters. The monoisotopic (exact) mass is 539 g/mol. The number of pyridine rings is 1. The Morgan fingerprint density at radius 3 is 2.52 bits per heavy atom. The largest absolute Gasteiger partial charge is 0.379 e. The molecule has 2 aliphatic rings. The molecule has 2 fully saturated rings. The molecule has 3 heterocycles. The summed E-state index contributed by atoms with van der Waals surface area (Å²) in [5.41, 5.74) is 4.84. The van der Waals surface area contributed by atoms with E-state index in [1.165, 1.54) is 10.1 Å². The summed E-state index contributed by atoms with van der Waals surface area (Å²) in [5.74, 6) is 0. The highest BCUT2D eigenvalue weighted by Gasteiger charge is 2.26. The summed E-state index contributed by atoms with van der Waals surface area (Å²) in [5, 5.41) is 3.82. The van der Waals surface area contributed by atoms with Gasteiger partial charge in [0.15, 0.2) is 5.65 Å². The van der Waals surface area contributed by atoms with E-state index < -0.39 is 0 Å². The zero-order valence-electron chi connectivity index (χ0n) is 23.3. The maximum absolute atomic E-state index is 14.2. The van der Waals surface area contributed by atoms with Crippen LogP contribution in [-0.4, -0.2) is 58.4 Å². The van der Waals surface area contributed by atoms with Crippen molar-refractivity contribution in [3.63, 3.8) is 0 Å². The second kappa shape index (κ2) is 11.5. The highest BCUT2D eigenvalue weighted by molar-refractivity contribution is 5.77. The Balaban J connectivity index is 1.47. The van der Waals surface area contributed by atoms with Crippen LogP contribution in [0.15, 0.2) is 70.4 Å². The molecule has 2 aromatic heterocycles. The fraction of sp³-hybridized carbons (Fsp3) is 0.406. The van der Waals surface area contributed by atoms with E-state index in [1.807, 2.05) is 38.2 Å². The summed E-state index contributed by atoms with van der Waals surface area (Å²) in [6, 6.07) is 18.6. The summed E-state index contributed by atoms with van der Waals surface area (Å²) in [6.45, 7) is 6.11. The van der Waals surface area contributed by atoms with E-state index in [-0.39, 0.29) is 17.3 Å². The van der Waals surface area contributed by atoms with Crippen LogP contribution in [0.5, 0.6) is 0 Å². The van der Waals surface area contributed by atoms with E-state index in [0.717, 1.165) is 75.2 Å². The molecule has 2 aromatic carbocycles. The van der Waals surface area contributed by atoms with Crippen molar-refractivity contribution >= 4 is 11.0 Å². The van der Waals surface area contributed by atoms with Gasteiger partial charge in [0.25, 0.3) is 5.56 Å². The van der Waals surface area contributed by atoms with Gasteiger partial charge in [-0.2, -0.15) is 0 Å². The number of morpholine rings is 1. The second-order valence-corrected chi connectivity index (χ2v) is 11.1. The summed E-state index contributed by atoms with van der Waals surface area (Å²) < 4.78 is 8.66. The minimum Gasteiger partial charge on any atom is -0.379 e. The minimum atomic E-state index is -0.319. The summed E-state index contributed by atoms with van der Waals surface area (Å²) in [4.78, 5) is 34.9. The van der Waals surface area contributed by atoms with E-state index in [9.17, 15) is 9.59 Å². The number of nitrogens with one attached hydrogen (secondary N) is 1. The van der Waals surface area contributed by atoms with Gasteiger partial charge in [0.2, 0.25) is 0 Å². The predicted octanol–water partition coefficient (Wildman–Crippen LogP) is 4.06. The lowest BCUT2D eigenvalue weighted by Gasteiger charge is -2.29. The van der Waals surface area contributed by atoms with Gasteiger partial charge in [-0.05, 0) is 80.1 Å². The van der Waals surface area contributed by atoms with Crippen molar-refractivity contribution in [3.05, 3.63) is 92.8 Å². The van der Waals surface area contributed by atoms with Crippen LogP contribution in [0.2, 0.25) is 0 Å². The zero-order valence-corrected chi connectivity index (χ0v) is 23.3. The fourth-order valence-electron chi connectivity index (χ4n) is 6.24. The van der Waals surface area contributed by atoms with Gasteiger partial charge in [-0.25, -0.2) is 14.3 Å². The molecule has 208 valence electrons. The number of aromatic nitrogens is 3. The molecule has 8 nitrogen and oxygen atoms in total. The predicted molar refractivity (Wildman–Crippen MR) is 158 cm³/mol. The first-order valence-electron chi connectivity index (χ1n) is 14.3. The van der Waals surface area contributed by atoms with Gasteiger partial charge >= 0.3 is 5.69 Å². The first kappa shape index (κ1) is 26.6. The molecule has 0 spiro atoms. The number of hydrogen-bond acceptors (Lipinski definition) is 6. The Kier molecular flexibility index (Phi) is 7.65. The second-order valence-electron chi connectivity index (χ2n) is 11.1. The van der Waals surface area contributed by atoms with Crippen LogP contribution < -0.4 is 16.6 Å². The molecule has 0 radical (unpaired) electrons. The number of benzene rings is 2. The third kappa shape index (κ3) is 5.14. The molecular formula is C32H37N5O3. The number of nitrogens with zero attached hydrogens (tertiary/aromatic N) is 4. The standard InChI is InChI=1S/C32H37N5O3/c1-22-18-29-30(34-20-22)36(32(39)37(31(29)38)26-12-10-25(33-2)11-13-26)27-8-5-7-23(19-27)28-9-4-3-6-24(28)21-35-14-16-40-17-15-35/h3-9,18-20,25-26,33H,10-17,21H2,1-2H3. The lowest BCUT2D eigenvalue weighted by Crippen LogP contribution is -2.44. The van der Waals surface area contributed by atoms with E-state index >= 15 is 0 Å². The van der Waals surface area contributed by atoms with Crippen molar-refractivity contribution in [1.82, 2.24) is 24.3 Å². The van der Waals surface area contributed by atoms with Crippen LogP contribution in [-0.2, 0) is 11.3 Å². The van der Waals surface area contributed by atoms with Gasteiger partial charge < -0.3 is 10.1 Å². The lowest BCUT2D eigenvalue weighted by molar-refractivity contribution is 0.0342. The molecule has 0 bridgehead atoms. The molecule has 0 atom stereocenters. The minimum absolute atomic E-state index is 0.127. The van der Waals surface area contributed by atoms with Crippen molar-refractivity contribution in [2.45, 2.75) is 51.2 Å². The fourth-order valence-corrected chi connectivity index (χ4v) is 6.24. The molecule has 1 N–H and O–H groups in total. The molecule has 40 heavy (non-hydrogen) atoms. The highest BCUT2D eigenvalue weighted by Crippen LogP contribution is 2.29. The molecule has 1 saturated heterocycles. The molecule has 1 aliphatic carbocycles. The van der Waals surface area contributed by atoms with Crippen molar-refractivity contribution in [2.75, 3.05) is 33.4 Å². The van der Waals surface area contributed by atoms with Crippen LogP contribution in [0.1, 0.15) is 42.9 Å². The van der Waals surface area contributed by atoms with Gasteiger partial charge in [-0.15, -0.1) is 0 Å². The molecule has 6 rings (SSSR count). The van der Waals surface area contributed by atoms with Crippen molar-refractivity contribution in [1.29, 1.82) is 0 Å². The number of ether oxygens (including phenoxy) is 1. The SMILES string of the molecule is CNC1CCC(n2c(=O)c3cc(C)cnc3n(-c3cccc(-c4ccccc4CN4CCOCC4)c3)c2=O)CC1. The van der Waals surface area contributed by atoms with E-state index in [1.54, 1.807) is 10.8 Å². The average Bonchev–Trinajstić information content (AvgIpc) is 2.99. The average molecular weight is 540 g/mol. The normalized spacial score (nSPS) is 20.1. The molecule has 4 aromatic rings. The van der Waals surface area contributed by atoms with Crippen molar-refractivity contribution in [3.8, 4) is 16.8 Å². The van der Waals surface area contributed by atoms with Crippen molar-refractivity contribution < 1.29 is 4.74 Å². The molecule has 1 saturated carbocycles. The quantitative estimate of drug-likeness (QED) is 0.398. The van der Waals surface area contributed by atoms with Gasteiger partial charge in [0.1, 0.15) is 0 Å². The maximum atomic E-state index is 14.2. The van der Waals surface area contributed by atoms with Crippen LogP contribution in [0, 0.1) is 6.92 Å². The first-order chi connectivity index (χ1) is 19.5. The number of hydrogen-bond donors (Lipinski definition) is 1. The van der Waals surface area contributed by atoms with Gasteiger partial charge in [-0.3, -0.25) is 14.3 Å². The van der Waals surface area contributed by atoms with Crippen LogP contribution in [0.4, 0.5) is 0 Å². The Labute approximate surface area is 234 Å². The Morgan fingerprint density at radius 1 is 0.975 bits per heavy atom. The van der Waals surface area contributed by atoms with E-state index in [4.69, 9.17) is 4.74 Å². The topological polar surface area (TPSA) is 81.4 Å². The van der Waals surface area contributed by atoms with Crippen LogP contribution >= 0.6 is 0 Å². The smallest absolute Gasteiger partial charge is 0.337 e. The lowest BCUT2D eigenvalue weighted by atomic mass is 9.91. The Morgan fingerprint density at radius 2 is 1.75 bits per heavy atom. The Hall–Kier alpha value is -3.59. The van der Waals surface area contributed by atoms with Gasteiger partial charge in [0, 0.05) is 37.9 Å². The summed E-state index contributed by atoms with van der Waals surface area (Å²) in [6.07, 6.45) is 5.18. The van der Waals surface area contributed by atoms with E-state index in [2.05, 4.69) is 45.5 Å². The number of aryl methyl sites for hydroxylation is 1. The molecule has 8 heteroatoms. The van der Waals surface area contributed by atoms with E-state index in [0.29, 0.717) is 22.8 Å². The van der Waals surface area contributed by atoms with Crippen LogP contribution in [0.25, 0.3) is 27.8 Å². The van der Waals surface area contributed by atoms with Gasteiger partial charge in [0.05, 0.1) is 24.3 Å². The number of rotatable bonds is 6. The summed E-state index contributed by atoms with van der Waals surface area (Å²) >= 11 is 0. The molecular weight excluding hydrogens is 502 g/mol. The Bertz CT molecular complexity index is 1630. The highest BCUT2D eigenvalue weighted by atomic mass is 16.5. The number of fused-ring (bicyclic) bond motifs is 1. The zero-order chi connectivity index (χ0) is 27.6. The third-order valence-electron chi connectivity index (χ3n) is 8.46. The van der Waals surface area contributed by atoms with Crippen LogP contribution in [0.3, 0.4) is 0 Å². The molecule has 0 amide bonds. The third-order valence-corrected chi connectivity index (χ3v) is 8.46. The van der Waals surface area contributed by atoms with Gasteiger partial charge in [-0.1, -0.05) is 36.4 Å². The first-order valence-corrected chi connectivity index (χ1v) is 14.3. The summed E-state index contributed by atoms with van der Waals surface area (Å²) in [7, 11) is 1.97. The van der Waals surface area contributed by atoms with Crippen molar-refractivity contribution in [2.24, 2.45) is 0 Å². The molecule has 1 aliphatic heterocycles. The maximum Gasteiger partial charge on any atom is 0.337 e.